The third-order valence-electron chi connectivity index (χ3n) is 1.54. The average molecular weight is 154 g/mol. The number of hydrogen-bond acceptors (Lipinski definition) is 2. The molecule has 11 heavy (non-hydrogen) atoms. The molecule has 2 N–H and O–H groups in total. The Balaban J connectivity index is 3.10. The Morgan fingerprint density at radius 3 is 1.91 bits per heavy atom. The highest BCUT2D eigenvalue weighted by molar-refractivity contribution is 5.57. The minimum absolute atomic E-state index is 0.238. The van der Waals surface area contributed by atoms with Crippen molar-refractivity contribution in [3.8, 4) is 0 Å². The van der Waals surface area contributed by atoms with E-state index in [0.29, 0.717) is 11.4 Å². The number of nitrogens with one attached hydrogen (secondary N) is 2. The summed E-state index contributed by atoms with van der Waals surface area (Å²) in [6.07, 6.45) is 0. The highest BCUT2D eigenvalue weighted by Crippen LogP contribution is 2.20. The van der Waals surface area contributed by atoms with Crippen molar-refractivity contribution in [3.63, 3.8) is 0 Å². The molecule has 0 radical (unpaired) electrons. The van der Waals surface area contributed by atoms with Gasteiger partial charge in [0.15, 0.2) is 5.82 Å². The summed E-state index contributed by atoms with van der Waals surface area (Å²) in [7, 11) is 3.38. The van der Waals surface area contributed by atoms with Crippen molar-refractivity contribution >= 4 is 11.4 Å². The minimum Gasteiger partial charge on any atom is -0.386 e. The molecule has 0 saturated carbocycles. The maximum Gasteiger partial charge on any atom is 0.169 e. The minimum atomic E-state index is -0.238. The third kappa shape index (κ3) is 1.42. The molecule has 0 heterocycles. The van der Waals surface area contributed by atoms with Gasteiger partial charge in [-0.1, -0.05) is 6.07 Å². The normalized spacial score (nSPS) is 9.36. The smallest absolute Gasteiger partial charge is 0.169 e. The van der Waals surface area contributed by atoms with E-state index in [9.17, 15) is 4.39 Å². The first-order valence-corrected chi connectivity index (χ1v) is 3.43. The lowest BCUT2D eigenvalue weighted by atomic mass is 10.2. The standard InChI is InChI=1S/C8H11FN2/c1-10-6-4-3-5-7(11-2)8(6)9/h3-5,10-11H,1-2H3. The van der Waals surface area contributed by atoms with Crippen molar-refractivity contribution < 1.29 is 4.39 Å². The Morgan fingerprint density at radius 2 is 1.55 bits per heavy atom. The zero-order chi connectivity index (χ0) is 8.27. The second kappa shape index (κ2) is 3.23. The summed E-state index contributed by atoms with van der Waals surface area (Å²) in [6, 6.07) is 5.17. The number of rotatable bonds is 2. The van der Waals surface area contributed by atoms with Crippen LogP contribution in [0.2, 0.25) is 0 Å². The van der Waals surface area contributed by atoms with Crippen molar-refractivity contribution in [2.45, 2.75) is 0 Å². The van der Waals surface area contributed by atoms with E-state index in [-0.39, 0.29) is 5.82 Å². The summed E-state index contributed by atoms with van der Waals surface area (Å²) >= 11 is 0. The molecule has 1 aromatic carbocycles. The van der Waals surface area contributed by atoms with Gasteiger partial charge in [0.05, 0.1) is 11.4 Å². The van der Waals surface area contributed by atoms with Gasteiger partial charge in [0.1, 0.15) is 0 Å². The number of benzene rings is 1. The first-order valence-electron chi connectivity index (χ1n) is 3.43. The molecule has 0 saturated heterocycles. The fourth-order valence-electron chi connectivity index (χ4n) is 0.918. The van der Waals surface area contributed by atoms with Crippen LogP contribution in [-0.4, -0.2) is 14.1 Å². The van der Waals surface area contributed by atoms with Crippen molar-refractivity contribution in [3.05, 3.63) is 24.0 Å². The molecule has 0 spiro atoms. The maximum atomic E-state index is 13.1. The quantitative estimate of drug-likeness (QED) is 0.680. The summed E-state index contributed by atoms with van der Waals surface area (Å²) in [6.45, 7) is 0. The van der Waals surface area contributed by atoms with E-state index in [1.54, 1.807) is 32.3 Å². The van der Waals surface area contributed by atoms with E-state index in [1.165, 1.54) is 0 Å². The second-order valence-corrected chi connectivity index (χ2v) is 2.17. The predicted octanol–water partition coefficient (Wildman–Crippen LogP) is 1.91. The molecule has 0 aromatic heterocycles. The first kappa shape index (κ1) is 7.85. The molecule has 3 heteroatoms. The zero-order valence-corrected chi connectivity index (χ0v) is 6.61. The summed E-state index contributed by atoms with van der Waals surface area (Å²) in [5.41, 5.74) is 1.02. The van der Waals surface area contributed by atoms with E-state index in [2.05, 4.69) is 10.6 Å². The number of hydrogen-bond donors (Lipinski definition) is 2. The van der Waals surface area contributed by atoms with Gasteiger partial charge in [0.2, 0.25) is 0 Å². The molecule has 0 bridgehead atoms. The molecule has 2 nitrogen and oxygen atoms in total. The van der Waals surface area contributed by atoms with Gasteiger partial charge in [0.25, 0.3) is 0 Å². The number of anilines is 2. The fourth-order valence-corrected chi connectivity index (χ4v) is 0.918. The SMILES string of the molecule is CNc1cccc(NC)c1F. The van der Waals surface area contributed by atoms with Crippen LogP contribution in [0.1, 0.15) is 0 Å². The summed E-state index contributed by atoms with van der Waals surface area (Å²) < 4.78 is 13.1. The molecular weight excluding hydrogens is 143 g/mol. The highest BCUT2D eigenvalue weighted by atomic mass is 19.1. The van der Waals surface area contributed by atoms with E-state index in [1.807, 2.05) is 0 Å². The fraction of sp³-hybridized carbons (Fsp3) is 0.250. The Kier molecular flexibility index (Phi) is 2.31. The van der Waals surface area contributed by atoms with Crippen LogP contribution in [-0.2, 0) is 0 Å². The number of halogens is 1. The monoisotopic (exact) mass is 154 g/mol. The van der Waals surface area contributed by atoms with Crippen molar-refractivity contribution in [2.75, 3.05) is 24.7 Å². The molecule has 0 aliphatic heterocycles. The largest absolute Gasteiger partial charge is 0.386 e. The maximum absolute atomic E-state index is 13.1. The van der Waals surface area contributed by atoms with Crippen LogP contribution in [0, 0.1) is 5.82 Å². The zero-order valence-electron chi connectivity index (χ0n) is 6.61. The molecule has 0 fully saturated rings. The van der Waals surface area contributed by atoms with E-state index in [4.69, 9.17) is 0 Å². The van der Waals surface area contributed by atoms with Gasteiger partial charge in [-0.05, 0) is 12.1 Å². The van der Waals surface area contributed by atoms with Crippen molar-refractivity contribution in [2.24, 2.45) is 0 Å². The summed E-state index contributed by atoms with van der Waals surface area (Å²) in [4.78, 5) is 0. The molecule has 1 rings (SSSR count). The van der Waals surface area contributed by atoms with Crippen molar-refractivity contribution in [1.29, 1.82) is 0 Å². The van der Waals surface area contributed by atoms with Gasteiger partial charge in [0, 0.05) is 14.1 Å². The summed E-state index contributed by atoms with van der Waals surface area (Å²) in [5.74, 6) is -0.238. The van der Waals surface area contributed by atoms with Crippen LogP contribution in [0.4, 0.5) is 15.8 Å². The van der Waals surface area contributed by atoms with Crippen LogP contribution < -0.4 is 10.6 Å². The molecule has 1 aromatic rings. The van der Waals surface area contributed by atoms with Gasteiger partial charge >= 0.3 is 0 Å². The molecule has 0 unspecified atom stereocenters. The molecular formula is C8H11FN2. The van der Waals surface area contributed by atoms with E-state index >= 15 is 0 Å². The van der Waals surface area contributed by atoms with Crippen LogP contribution in [0.3, 0.4) is 0 Å². The molecule has 0 amide bonds. The van der Waals surface area contributed by atoms with Crippen LogP contribution >= 0.6 is 0 Å². The van der Waals surface area contributed by atoms with Crippen LogP contribution in [0.15, 0.2) is 18.2 Å². The van der Waals surface area contributed by atoms with E-state index < -0.39 is 0 Å². The summed E-state index contributed by atoms with van der Waals surface area (Å²) in [5, 5.41) is 5.51. The molecule has 0 aliphatic rings. The molecule has 0 atom stereocenters. The molecule has 0 aliphatic carbocycles. The van der Waals surface area contributed by atoms with Gasteiger partial charge in [-0.3, -0.25) is 0 Å². The Bertz CT molecular complexity index is 226. The lowest BCUT2D eigenvalue weighted by Crippen LogP contribution is -1.97. The topological polar surface area (TPSA) is 24.1 Å². The Morgan fingerprint density at radius 1 is 1.09 bits per heavy atom. The third-order valence-corrected chi connectivity index (χ3v) is 1.54. The van der Waals surface area contributed by atoms with E-state index in [0.717, 1.165) is 0 Å². The lowest BCUT2D eigenvalue weighted by Gasteiger charge is -2.05. The van der Waals surface area contributed by atoms with Crippen molar-refractivity contribution in [1.82, 2.24) is 0 Å². The Labute approximate surface area is 65.4 Å². The second-order valence-electron chi connectivity index (χ2n) is 2.17. The van der Waals surface area contributed by atoms with Crippen LogP contribution in [0.25, 0.3) is 0 Å². The first-order chi connectivity index (χ1) is 5.29. The highest BCUT2D eigenvalue weighted by Gasteiger charge is 2.03. The predicted molar refractivity (Wildman–Crippen MR) is 45.5 cm³/mol. The molecule has 60 valence electrons. The van der Waals surface area contributed by atoms with Gasteiger partial charge < -0.3 is 10.6 Å². The van der Waals surface area contributed by atoms with Gasteiger partial charge in [-0.15, -0.1) is 0 Å². The van der Waals surface area contributed by atoms with Gasteiger partial charge in [-0.25, -0.2) is 4.39 Å². The average Bonchev–Trinajstić information content (AvgIpc) is 2.05. The Hall–Kier alpha value is -1.25. The lowest BCUT2D eigenvalue weighted by molar-refractivity contribution is 0.635. The van der Waals surface area contributed by atoms with Gasteiger partial charge in [-0.2, -0.15) is 0 Å². The van der Waals surface area contributed by atoms with Crippen LogP contribution in [0.5, 0.6) is 0 Å².